The summed E-state index contributed by atoms with van der Waals surface area (Å²) >= 11 is 1.12. The number of carbonyl (C=O) groups excluding carboxylic acids is 1. The molecule has 0 bridgehead atoms. The normalized spacial score (nSPS) is 19.2. The zero-order valence-electron chi connectivity index (χ0n) is 9.36. The van der Waals surface area contributed by atoms with Gasteiger partial charge in [-0.15, -0.1) is 11.3 Å². The maximum absolute atomic E-state index is 11.9. The molecule has 2 heterocycles. The topological polar surface area (TPSA) is 75.6 Å². The summed E-state index contributed by atoms with van der Waals surface area (Å²) < 4.78 is 5.13. The van der Waals surface area contributed by atoms with E-state index in [4.69, 9.17) is 9.84 Å². The fraction of sp³-hybridized carbons (Fsp3) is 0.455. The minimum Gasteiger partial charge on any atom is -0.477 e. The summed E-state index contributed by atoms with van der Waals surface area (Å²) in [6, 6.07) is 0. The van der Waals surface area contributed by atoms with Crippen LogP contribution in [0.2, 0.25) is 0 Å². The first-order valence-corrected chi connectivity index (χ1v) is 6.17. The minimum absolute atomic E-state index is 0.161. The van der Waals surface area contributed by atoms with Gasteiger partial charge in [0.1, 0.15) is 4.88 Å². The van der Waals surface area contributed by atoms with Crippen molar-refractivity contribution >= 4 is 28.9 Å². The first-order valence-electron chi connectivity index (χ1n) is 5.29. The van der Waals surface area contributed by atoms with E-state index in [0.29, 0.717) is 25.3 Å². The number of ether oxygens (including phenoxy) is 1. The molecule has 0 saturated carbocycles. The third kappa shape index (κ3) is 2.48. The molecule has 1 aliphatic heterocycles. The quantitative estimate of drug-likeness (QED) is 0.862. The first kappa shape index (κ1) is 12.1. The van der Waals surface area contributed by atoms with Gasteiger partial charge in [0, 0.05) is 6.61 Å². The summed E-state index contributed by atoms with van der Waals surface area (Å²) in [5, 5.41) is 13.4. The SMILES string of the molecule is Cc1csc(C(=O)O)c1NC(=O)C1CCOC1. The number of carboxylic acid groups (broad SMARTS) is 1. The van der Waals surface area contributed by atoms with Crippen LogP contribution in [0.5, 0.6) is 0 Å². The maximum Gasteiger partial charge on any atom is 0.348 e. The van der Waals surface area contributed by atoms with Crippen LogP contribution in [-0.2, 0) is 9.53 Å². The van der Waals surface area contributed by atoms with Gasteiger partial charge >= 0.3 is 5.97 Å². The second-order valence-corrected chi connectivity index (χ2v) is 4.86. The Morgan fingerprint density at radius 3 is 2.94 bits per heavy atom. The Balaban J connectivity index is 2.14. The van der Waals surface area contributed by atoms with Crippen LogP contribution in [0, 0.1) is 12.8 Å². The van der Waals surface area contributed by atoms with E-state index >= 15 is 0 Å². The monoisotopic (exact) mass is 255 g/mol. The molecule has 1 aromatic rings. The highest BCUT2D eigenvalue weighted by atomic mass is 32.1. The Kier molecular flexibility index (Phi) is 3.44. The lowest BCUT2D eigenvalue weighted by atomic mass is 10.1. The van der Waals surface area contributed by atoms with Crippen LogP contribution in [0.1, 0.15) is 21.7 Å². The van der Waals surface area contributed by atoms with E-state index in [0.717, 1.165) is 16.9 Å². The molecule has 2 N–H and O–H groups in total. The third-order valence-corrected chi connectivity index (χ3v) is 3.80. The highest BCUT2D eigenvalue weighted by Crippen LogP contribution is 2.28. The van der Waals surface area contributed by atoms with Gasteiger partial charge in [-0.1, -0.05) is 0 Å². The van der Waals surface area contributed by atoms with E-state index < -0.39 is 5.97 Å². The van der Waals surface area contributed by atoms with Crippen molar-refractivity contribution in [2.45, 2.75) is 13.3 Å². The van der Waals surface area contributed by atoms with Crippen molar-refractivity contribution < 1.29 is 19.4 Å². The maximum atomic E-state index is 11.9. The van der Waals surface area contributed by atoms with E-state index in [-0.39, 0.29) is 16.7 Å². The lowest BCUT2D eigenvalue weighted by Gasteiger charge is -2.09. The van der Waals surface area contributed by atoms with Crippen LogP contribution in [0.3, 0.4) is 0 Å². The summed E-state index contributed by atoms with van der Waals surface area (Å²) in [6.07, 6.45) is 0.692. The van der Waals surface area contributed by atoms with Crippen LogP contribution < -0.4 is 5.32 Å². The van der Waals surface area contributed by atoms with Gasteiger partial charge in [0.15, 0.2) is 0 Å². The molecule has 1 atom stereocenters. The molecular weight excluding hydrogens is 242 g/mol. The number of hydrogen-bond donors (Lipinski definition) is 2. The molecule has 0 radical (unpaired) electrons. The van der Waals surface area contributed by atoms with Crippen LogP contribution in [0.15, 0.2) is 5.38 Å². The van der Waals surface area contributed by atoms with E-state index in [1.807, 2.05) is 0 Å². The summed E-state index contributed by atoms with van der Waals surface area (Å²) in [4.78, 5) is 23.0. The Hall–Kier alpha value is -1.40. The number of aryl methyl sites for hydroxylation is 1. The van der Waals surface area contributed by atoms with Gasteiger partial charge in [-0.25, -0.2) is 4.79 Å². The van der Waals surface area contributed by atoms with Crippen molar-refractivity contribution in [1.29, 1.82) is 0 Å². The molecule has 92 valence electrons. The Bertz CT molecular complexity index is 448. The number of amides is 1. The number of hydrogen-bond acceptors (Lipinski definition) is 4. The second kappa shape index (κ2) is 4.85. The average Bonchev–Trinajstić information content (AvgIpc) is 2.89. The highest BCUT2D eigenvalue weighted by molar-refractivity contribution is 7.12. The number of carbonyl (C=O) groups is 2. The fourth-order valence-corrected chi connectivity index (χ4v) is 2.57. The van der Waals surface area contributed by atoms with Gasteiger partial charge in [0.25, 0.3) is 0 Å². The number of carboxylic acids is 1. The standard InChI is InChI=1S/C11H13NO4S/c1-6-5-17-9(11(14)15)8(6)12-10(13)7-2-3-16-4-7/h5,7H,2-4H2,1H3,(H,12,13)(H,14,15). The van der Waals surface area contributed by atoms with Crippen LogP contribution in [0.4, 0.5) is 5.69 Å². The number of anilines is 1. The molecule has 1 amide bonds. The summed E-state index contributed by atoms with van der Waals surface area (Å²) in [7, 11) is 0. The molecular formula is C11H13NO4S. The number of rotatable bonds is 3. The zero-order chi connectivity index (χ0) is 12.4. The van der Waals surface area contributed by atoms with Crippen molar-refractivity contribution in [3.05, 3.63) is 15.8 Å². The third-order valence-electron chi connectivity index (χ3n) is 2.72. The molecule has 6 heteroatoms. The predicted octanol–water partition coefficient (Wildman–Crippen LogP) is 1.73. The van der Waals surface area contributed by atoms with Crippen molar-refractivity contribution in [3.8, 4) is 0 Å². The number of thiophene rings is 1. The minimum atomic E-state index is -1.01. The summed E-state index contributed by atoms with van der Waals surface area (Å²) in [6.45, 7) is 2.79. The van der Waals surface area contributed by atoms with Gasteiger partial charge in [0.2, 0.25) is 5.91 Å². The molecule has 1 aromatic heterocycles. The van der Waals surface area contributed by atoms with E-state index in [9.17, 15) is 9.59 Å². The van der Waals surface area contributed by atoms with Gasteiger partial charge < -0.3 is 15.2 Å². The average molecular weight is 255 g/mol. The number of aromatic carboxylic acids is 1. The summed E-state index contributed by atoms with van der Waals surface area (Å²) in [5.41, 5.74) is 1.19. The lowest BCUT2D eigenvalue weighted by molar-refractivity contribution is -0.119. The molecule has 0 spiro atoms. The molecule has 1 aliphatic rings. The van der Waals surface area contributed by atoms with Crippen LogP contribution in [0.25, 0.3) is 0 Å². The van der Waals surface area contributed by atoms with Gasteiger partial charge in [-0.3, -0.25) is 4.79 Å². The molecule has 1 fully saturated rings. The lowest BCUT2D eigenvalue weighted by Crippen LogP contribution is -2.23. The Morgan fingerprint density at radius 2 is 2.35 bits per heavy atom. The van der Waals surface area contributed by atoms with Crippen molar-refractivity contribution in [1.82, 2.24) is 0 Å². The van der Waals surface area contributed by atoms with Crippen LogP contribution in [-0.4, -0.2) is 30.2 Å². The second-order valence-electron chi connectivity index (χ2n) is 3.98. The van der Waals surface area contributed by atoms with Gasteiger partial charge in [-0.05, 0) is 24.3 Å². The van der Waals surface area contributed by atoms with E-state index in [2.05, 4.69) is 5.32 Å². The summed E-state index contributed by atoms with van der Waals surface area (Å²) in [5.74, 6) is -1.34. The predicted molar refractivity (Wildman–Crippen MR) is 63.6 cm³/mol. The molecule has 0 aliphatic carbocycles. The largest absolute Gasteiger partial charge is 0.477 e. The van der Waals surface area contributed by atoms with Crippen molar-refractivity contribution in [2.24, 2.45) is 5.92 Å². The van der Waals surface area contributed by atoms with Crippen molar-refractivity contribution in [3.63, 3.8) is 0 Å². The first-order chi connectivity index (χ1) is 8.09. The fourth-order valence-electron chi connectivity index (χ4n) is 1.72. The van der Waals surface area contributed by atoms with Crippen molar-refractivity contribution in [2.75, 3.05) is 18.5 Å². The zero-order valence-corrected chi connectivity index (χ0v) is 10.2. The number of nitrogens with one attached hydrogen (secondary N) is 1. The molecule has 5 nitrogen and oxygen atoms in total. The molecule has 17 heavy (non-hydrogen) atoms. The molecule has 1 unspecified atom stereocenters. The highest BCUT2D eigenvalue weighted by Gasteiger charge is 2.25. The van der Waals surface area contributed by atoms with Gasteiger partial charge in [0.05, 0.1) is 18.2 Å². The van der Waals surface area contributed by atoms with E-state index in [1.54, 1.807) is 12.3 Å². The molecule has 1 saturated heterocycles. The Morgan fingerprint density at radius 1 is 1.59 bits per heavy atom. The molecule has 0 aromatic carbocycles. The van der Waals surface area contributed by atoms with Crippen LogP contribution >= 0.6 is 11.3 Å². The van der Waals surface area contributed by atoms with Gasteiger partial charge in [-0.2, -0.15) is 0 Å². The smallest absolute Gasteiger partial charge is 0.348 e. The molecule has 2 rings (SSSR count). The Labute approximate surface area is 102 Å². The van der Waals surface area contributed by atoms with E-state index in [1.165, 1.54) is 0 Å².